The lowest BCUT2D eigenvalue weighted by Crippen LogP contribution is -2.51. The smallest absolute Gasteiger partial charge is 0.243 e. The van der Waals surface area contributed by atoms with E-state index < -0.39 is 21.9 Å². The van der Waals surface area contributed by atoms with Gasteiger partial charge in [-0.1, -0.05) is 60.2 Å². The molecule has 0 fully saturated rings. The average molecular weight is 568 g/mol. The number of halogens is 1. The summed E-state index contributed by atoms with van der Waals surface area (Å²) in [7, 11) is -3.66. The van der Waals surface area contributed by atoms with E-state index in [4.69, 9.17) is 0 Å². The van der Waals surface area contributed by atoms with Crippen LogP contribution in [0.4, 0.5) is 10.1 Å². The van der Waals surface area contributed by atoms with Crippen molar-refractivity contribution in [2.45, 2.75) is 58.7 Å². The minimum Gasteiger partial charge on any atom is -0.352 e. The molecular weight excluding hydrogens is 529 g/mol. The van der Waals surface area contributed by atoms with Crippen LogP contribution in [0.3, 0.4) is 0 Å². The van der Waals surface area contributed by atoms with Gasteiger partial charge in [0.05, 0.1) is 11.9 Å². The summed E-state index contributed by atoms with van der Waals surface area (Å²) in [5.74, 6) is -0.973. The Hall–Kier alpha value is -3.72. The molecule has 3 aromatic carbocycles. The van der Waals surface area contributed by atoms with Crippen molar-refractivity contribution in [2.24, 2.45) is 0 Å². The number of carbonyl (C=O) groups is 2. The number of hydrogen-bond donors (Lipinski definition) is 1. The first kappa shape index (κ1) is 30.8. The number of carbonyl (C=O) groups excluding carboxylic acids is 2. The average Bonchev–Trinajstić information content (AvgIpc) is 2.90. The summed E-state index contributed by atoms with van der Waals surface area (Å²) in [5, 5.41) is 2.96. The third-order valence-corrected chi connectivity index (χ3v) is 7.64. The zero-order valence-electron chi connectivity index (χ0n) is 23.5. The maximum absolute atomic E-state index is 13.8. The van der Waals surface area contributed by atoms with Crippen LogP contribution in [0.5, 0.6) is 0 Å². The molecule has 40 heavy (non-hydrogen) atoms. The monoisotopic (exact) mass is 567 g/mol. The summed E-state index contributed by atoms with van der Waals surface area (Å²) in [6.45, 7) is 6.00. The number of rotatable bonds is 13. The minimum absolute atomic E-state index is 0.0271. The SMILES string of the molecule is Cc1ccc(CN(C(=O)CCCN(c2ccc(F)cc2)S(C)(=O)=O)C(Cc2ccccc2)C(=O)NC(C)C)cc1. The van der Waals surface area contributed by atoms with Gasteiger partial charge in [0.2, 0.25) is 21.8 Å². The van der Waals surface area contributed by atoms with Gasteiger partial charge < -0.3 is 10.2 Å². The first-order valence-electron chi connectivity index (χ1n) is 13.4. The second kappa shape index (κ2) is 14.1. The van der Waals surface area contributed by atoms with Crippen molar-refractivity contribution >= 4 is 27.5 Å². The Labute approximate surface area is 237 Å². The van der Waals surface area contributed by atoms with Crippen molar-refractivity contribution in [1.82, 2.24) is 10.2 Å². The largest absolute Gasteiger partial charge is 0.352 e. The van der Waals surface area contributed by atoms with Gasteiger partial charge in [0.25, 0.3) is 0 Å². The Morgan fingerprint density at radius 2 is 1.52 bits per heavy atom. The van der Waals surface area contributed by atoms with Crippen LogP contribution in [0.2, 0.25) is 0 Å². The number of anilines is 1. The van der Waals surface area contributed by atoms with Gasteiger partial charge in [-0.3, -0.25) is 13.9 Å². The van der Waals surface area contributed by atoms with E-state index in [0.29, 0.717) is 12.1 Å². The molecule has 1 unspecified atom stereocenters. The lowest BCUT2D eigenvalue weighted by Gasteiger charge is -2.32. The van der Waals surface area contributed by atoms with E-state index in [-0.39, 0.29) is 43.8 Å². The molecule has 3 rings (SSSR count). The molecule has 0 aromatic heterocycles. The van der Waals surface area contributed by atoms with Crippen molar-refractivity contribution in [2.75, 3.05) is 17.1 Å². The molecule has 0 bridgehead atoms. The molecule has 0 aliphatic carbocycles. The molecule has 0 aliphatic heterocycles. The summed E-state index contributed by atoms with van der Waals surface area (Å²) in [6, 6.07) is 21.7. The number of aryl methyl sites for hydroxylation is 1. The Bertz CT molecular complexity index is 1360. The molecule has 9 heteroatoms. The van der Waals surface area contributed by atoms with E-state index in [1.807, 2.05) is 75.4 Å². The van der Waals surface area contributed by atoms with Crippen molar-refractivity contribution in [3.63, 3.8) is 0 Å². The predicted molar refractivity (Wildman–Crippen MR) is 157 cm³/mol. The summed E-state index contributed by atoms with van der Waals surface area (Å²) < 4.78 is 39.5. The van der Waals surface area contributed by atoms with Gasteiger partial charge in [-0.25, -0.2) is 12.8 Å². The third-order valence-electron chi connectivity index (χ3n) is 6.44. The molecule has 7 nitrogen and oxygen atoms in total. The second-order valence-electron chi connectivity index (χ2n) is 10.3. The predicted octanol–water partition coefficient (Wildman–Crippen LogP) is 4.85. The molecule has 2 amide bonds. The van der Waals surface area contributed by atoms with E-state index in [2.05, 4.69) is 5.32 Å². The van der Waals surface area contributed by atoms with E-state index in [9.17, 15) is 22.4 Å². The van der Waals surface area contributed by atoms with Gasteiger partial charge in [0.15, 0.2) is 0 Å². The molecule has 0 saturated heterocycles. The molecule has 214 valence electrons. The molecule has 0 heterocycles. The first-order chi connectivity index (χ1) is 18.9. The molecule has 1 N–H and O–H groups in total. The Balaban J connectivity index is 1.87. The summed E-state index contributed by atoms with van der Waals surface area (Å²) in [4.78, 5) is 28.8. The van der Waals surface area contributed by atoms with Crippen LogP contribution in [-0.4, -0.2) is 50.0 Å². The summed E-state index contributed by atoms with van der Waals surface area (Å²) >= 11 is 0. The molecular formula is C31H38FN3O4S. The molecule has 0 spiro atoms. The van der Waals surface area contributed by atoms with Crippen LogP contribution < -0.4 is 9.62 Å². The van der Waals surface area contributed by atoms with Gasteiger partial charge in [-0.05, 0) is 62.6 Å². The van der Waals surface area contributed by atoms with E-state index >= 15 is 0 Å². The molecule has 3 aromatic rings. The van der Waals surface area contributed by atoms with Gasteiger partial charge in [0, 0.05) is 32.0 Å². The van der Waals surface area contributed by atoms with E-state index in [1.165, 1.54) is 24.3 Å². The number of nitrogens with zero attached hydrogens (tertiary/aromatic N) is 2. The highest BCUT2D eigenvalue weighted by atomic mass is 32.2. The van der Waals surface area contributed by atoms with Crippen LogP contribution >= 0.6 is 0 Å². The number of benzene rings is 3. The quantitative estimate of drug-likeness (QED) is 0.320. The molecule has 0 saturated carbocycles. The molecule has 0 aliphatic rings. The number of nitrogens with one attached hydrogen (secondary N) is 1. The maximum atomic E-state index is 13.8. The normalized spacial score (nSPS) is 12.2. The zero-order valence-corrected chi connectivity index (χ0v) is 24.3. The highest BCUT2D eigenvalue weighted by Crippen LogP contribution is 2.21. The van der Waals surface area contributed by atoms with Crippen LogP contribution in [0.1, 0.15) is 43.4 Å². The van der Waals surface area contributed by atoms with Crippen LogP contribution in [-0.2, 0) is 32.6 Å². The van der Waals surface area contributed by atoms with Gasteiger partial charge in [-0.15, -0.1) is 0 Å². The third kappa shape index (κ3) is 9.19. The van der Waals surface area contributed by atoms with Crippen LogP contribution in [0.15, 0.2) is 78.9 Å². The number of amides is 2. The van der Waals surface area contributed by atoms with Crippen LogP contribution in [0, 0.1) is 12.7 Å². The topological polar surface area (TPSA) is 86.8 Å². The fourth-order valence-corrected chi connectivity index (χ4v) is 5.40. The fraction of sp³-hybridized carbons (Fsp3) is 0.355. The van der Waals surface area contributed by atoms with Crippen molar-refractivity contribution in [3.05, 3.63) is 101 Å². The van der Waals surface area contributed by atoms with Gasteiger partial charge >= 0.3 is 0 Å². The minimum atomic E-state index is -3.66. The number of hydrogen-bond acceptors (Lipinski definition) is 4. The molecule has 0 radical (unpaired) electrons. The molecule has 1 atom stereocenters. The first-order valence-corrected chi connectivity index (χ1v) is 15.2. The zero-order chi connectivity index (χ0) is 29.3. The second-order valence-corrected chi connectivity index (χ2v) is 12.2. The summed E-state index contributed by atoms with van der Waals surface area (Å²) in [5.41, 5.74) is 3.22. The lowest BCUT2D eigenvalue weighted by atomic mass is 10.0. The maximum Gasteiger partial charge on any atom is 0.243 e. The fourth-order valence-electron chi connectivity index (χ4n) is 4.44. The standard InChI is InChI=1S/C31H38FN3O4S/c1-23(2)33-31(37)29(21-25-9-6-5-7-10-25)34(22-26-14-12-24(3)13-15-26)30(36)11-8-20-35(40(4,38)39)28-18-16-27(32)17-19-28/h5-7,9-10,12-19,23,29H,8,11,20-22H2,1-4H3,(H,33,37). The number of sulfonamides is 1. The van der Waals surface area contributed by atoms with Crippen molar-refractivity contribution in [1.29, 1.82) is 0 Å². The van der Waals surface area contributed by atoms with E-state index in [1.54, 1.807) is 4.90 Å². The van der Waals surface area contributed by atoms with Crippen LogP contribution in [0.25, 0.3) is 0 Å². The summed E-state index contributed by atoms with van der Waals surface area (Å²) in [6.07, 6.45) is 1.66. The Morgan fingerprint density at radius 3 is 2.10 bits per heavy atom. The Kier molecular flexibility index (Phi) is 10.8. The van der Waals surface area contributed by atoms with Crippen molar-refractivity contribution in [3.8, 4) is 0 Å². The lowest BCUT2D eigenvalue weighted by molar-refractivity contribution is -0.141. The highest BCUT2D eigenvalue weighted by Gasteiger charge is 2.31. The van der Waals surface area contributed by atoms with Gasteiger partial charge in [-0.2, -0.15) is 0 Å². The van der Waals surface area contributed by atoms with Crippen molar-refractivity contribution < 1.29 is 22.4 Å². The highest BCUT2D eigenvalue weighted by molar-refractivity contribution is 7.92. The van der Waals surface area contributed by atoms with E-state index in [0.717, 1.165) is 27.3 Å². The van der Waals surface area contributed by atoms with Gasteiger partial charge in [0.1, 0.15) is 11.9 Å². The Morgan fingerprint density at radius 1 is 0.900 bits per heavy atom.